The average Bonchev–Trinajstić information content (AvgIpc) is 2.88. The first-order chi connectivity index (χ1) is 18.1. The van der Waals surface area contributed by atoms with Crippen molar-refractivity contribution in [3.63, 3.8) is 0 Å². The summed E-state index contributed by atoms with van der Waals surface area (Å²) in [5, 5.41) is 3.20. The van der Waals surface area contributed by atoms with Crippen molar-refractivity contribution in [2.24, 2.45) is 0 Å². The van der Waals surface area contributed by atoms with Crippen LogP contribution in [-0.4, -0.2) is 50.0 Å². The predicted molar refractivity (Wildman–Crippen MR) is 153 cm³/mol. The van der Waals surface area contributed by atoms with Crippen LogP contribution in [0.25, 0.3) is 0 Å². The fourth-order valence-electron chi connectivity index (χ4n) is 5.07. The number of carbonyl (C=O) groups is 2. The minimum absolute atomic E-state index is 0.0997. The van der Waals surface area contributed by atoms with E-state index in [2.05, 4.69) is 5.32 Å². The van der Waals surface area contributed by atoms with Crippen LogP contribution in [0.15, 0.2) is 48.5 Å². The predicted octanol–water partition coefficient (Wildman–Crippen LogP) is 5.11. The molecule has 0 aliphatic heterocycles. The second-order valence-corrected chi connectivity index (χ2v) is 12.5. The van der Waals surface area contributed by atoms with Gasteiger partial charge in [-0.2, -0.15) is 0 Å². The summed E-state index contributed by atoms with van der Waals surface area (Å²) >= 11 is 0. The van der Waals surface area contributed by atoms with E-state index in [0.717, 1.165) is 42.4 Å². The maximum absolute atomic E-state index is 13.6. The smallest absolute Gasteiger partial charge is 0.243 e. The number of carbonyl (C=O) groups excluding carboxylic acids is 2. The van der Waals surface area contributed by atoms with Crippen LogP contribution in [-0.2, 0) is 26.2 Å². The average molecular weight is 542 g/mol. The summed E-state index contributed by atoms with van der Waals surface area (Å²) in [6, 6.07) is 14.9. The Balaban J connectivity index is 1.74. The van der Waals surface area contributed by atoms with E-state index in [9.17, 15) is 18.0 Å². The van der Waals surface area contributed by atoms with Crippen molar-refractivity contribution in [3.05, 3.63) is 65.2 Å². The fraction of sp³-hybridized carbons (Fsp3) is 0.533. The van der Waals surface area contributed by atoms with E-state index in [1.807, 2.05) is 57.2 Å². The van der Waals surface area contributed by atoms with E-state index >= 15 is 0 Å². The van der Waals surface area contributed by atoms with Gasteiger partial charge in [0.1, 0.15) is 6.04 Å². The normalized spacial score (nSPS) is 15.1. The summed E-state index contributed by atoms with van der Waals surface area (Å²) in [6.45, 7) is 6.43. The van der Waals surface area contributed by atoms with E-state index in [1.165, 1.54) is 17.0 Å². The highest BCUT2D eigenvalue weighted by atomic mass is 32.2. The van der Waals surface area contributed by atoms with Crippen LogP contribution in [0, 0.1) is 13.8 Å². The minimum Gasteiger partial charge on any atom is -0.352 e. The van der Waals surface area contributed by atoms with E-state index in [0.29, 0.717) is 25.1 Å². The summed E-state index contributed by atoms with van der Waals surface area (Å²) in [6.07, 6.45) is 7.59. The number of rotatable bonds is 12. The molecule has 0 heterocycles. The molecule has 1 aliphatic carbocycles. The maximum Gasteiger partial charge on any atom is 0.243 e. The van der Waals surface area contributed by atoms with E-state index < -0.39 is 16.1 Å². The summed E-state index contributed by atoms with van der Waals surface area (Å²) in [5.74, 6) is -0.245. The molecule has 0 unspecified atom stereocenters. The first-order valence-corrected chi connectivity index (χ1v) is 15.6. The third-order valence-corrected chi connectivity index (χ3v) is 8.48. The fourth-order valence-corrected chi connectivity index (χ4v) is 6.03. The molecule has 1 N–H and O–H groups in total. The van der Waals surface area contributed by atoms with Crippen molar-refractivity contribution in [1.29, 1.82) is 0 Å². The van der Waals surface area contributed by atoms with Gasteiger partial charge in [-0.3, -0.25) is 13.9 Å². The van der Waals surface area contributed by atoms with Gasteiger partial charge in [0.25, 0.3) is 0 Å². The zero-order valence-electron chi connectivity index (χ0n) is 23.3. The van der Waals surface area contributed by atoms with E-state index in [4.69, 9.17) is 0 Å². The van der Waals surface area contributed by atoms with Gasteiger partial charge >= 0.3 is 0 Å². The Kier molecular flexibility index (Phi) is 10.8. The number of nitrogens with zero attached hydrogens (tertiary/aromatic N) is 2. The van der Waals surface area contributed by atoms with Gasteiger partial charge in [0.15, 0.2) is 0 Å². The first kappa shape index (κ1) is 29.7. The molecular formula is C30H43N3O4S. The second-order valence-electron chi connectivity index (χ2n) is 10.5. The zero-order valence-corrected chi connectivity index (χ0v) is 24.1. The largest absolute Gasteiger partial charge is 0.352 e. The van der Waals surface area contributed by atoms with Crippen molar-refractivity contribution < 1.29 is 18.0 Å². The Bertz CT molecular complexity index is 1160. The van der Waals surface area contributed by atoms with Gasteiger partial charge < -0.3 is 10.2 Å². The quantitative estimate of drug-likeness (QED) is 0.405. The molecule has 2 amide bonds. The van der Waals surface area contributed by atoms with Crippen LogP contribution in [0.4, 0.5) is 5.69 Å². The summed E-state index contributed by atoms with van der Waals surface area (Å²) in [5.41, 5.74) is 3.72. The number of sulfonamides is 1. The van der Waals surface area contributed by atoms with Crippen molar-refractivity contribution in [3.8, 4) is 0 Å². The molecule has 1 atom stereocenters. The highest BCUT2D eigenvalue weighted by molar-refractivity contribution is 7.92. The molecule has 7 nitrogen and oxygen atoms in total. The molecule has 0 spiro atoms. The number of hydrogen-bond acceptors (Lipinski definition) is 4. The molecule has 208 valence electrons. The Labute approximate surface area is 228 Å². The Hall–Kier alpha value is -2.87. The van der Waals surface area contributed by atoms with Gasteiger partial charge in [-0.05, 0) is 57.2 Å². The van der Waals surface area contributed by atoms with Crippen molar-refractivity contribution >= 4 is 27.5 Å². The summed E-state index contributed by atoms with van der Waals surface area (Å²) in [4.78, 5) is 28.6. The monoisotopic (exact) mass is 541 g/mol. The molecule has 0 saturated heterocycles. The molecule has 38 heavy (non-hydrogen) atoms. The number of nitrogens with one attached hydrogen (secondary N) is 1. The summed E-state index contributed by atoms with van der Waals surface area (Å²) in [7, 11) is -3.51. The highest BCUT2D eigenvalue weighted by Crippen LogP contribution is 2.21. The number of amides is 2. The SMILES string of the molecule is CC[C@@H](C(=O)NC1CCCCC1)N(Cc1ccc(C)cc1)C(=O)CCCN(c1ccc(C)cc1)S(C)(=O)=O. The molecule has 1 fully saturated rings. The third-order valence-electron chi connectivity index (χ3n) is 7.29. The number of anilines is 1. The number of aryl methyl sites for hydroxylation is 2. The lowest BCUT2D eigenvalue weighted by Crippen LogP contribution is -2.51. The van der Waals surface area contributed by atoms with Crippen LogP contribution >= 0.6 is 0 Å². The van der Waals surface area contributed by atoms with Crippen molar-refractivity contribution in [1.82, 2.24) is 10.2 Å². The lowest BCUT2D eigenvalue weighted by Gasteiger charge is -2.33. The van der Waals surface area contributed by atoms with Crippen LogP contribution in [0.2, 0.25) is 0 Å². The Morgan fingerprint density at radius 2 is 1.53 bits per heavy atom. The van der Waals surface area contributed by atoms with Crippen LogP contribution in [0.5, 0.6) is 0 Å². The van der Waals surface area contributed by atoms with Crippen LogP contribution < -0.4 is 9.62 Å². The third kappa shape index (κ3) is 8.58. The van der Waals surface area contributed by atoms with Gasteiger partial charge in [-0.25, -0.2) is 8.42 Å². The number of hydrogen-bond donors (Lipinski definition) is 1. The van der Waals surface area contributed by atoms with E-state index in [-0.39, 0.29) is 30.8 Å². The van der Waals surface area contributed by atoms with Crippen molar-refractivity contribution in [2.75, 3.05) is 17.1 Å². The van der Waals surface area contributed by atoms with Crippen LogP contribution in [0.1, 0.15) is 75.0 Å². The molecular weight excluding hydrogens is 498 g/mol. The molecule has 3 rings (SSSR count). The maximum atomic E-state index is 13.6. The molecule has 0 radical (unpaired) electrons. The first-order valence-electron chi connectivity index (χ1n) is 13.8. The van der Waals surface area contributed by atoms with Crippen LogP contribution in [0.3, 0.4) is 0 Å². The molecule has 1 saturated carbocycles. The lowest BCUT2D eigenvalue weighted by atomic mass is 9.95. The van der Waals surface area contributed by atoms with Gasteiger partial charge in [-0.1, -0.05) is 73.7 Å². The Morgan fingerprint density at radius 3 is 2.08 bits per heavy atom. The zero-order chi connectivity index (χ0) is 27.7. The van der Waals surface area contributed by atoms with E-state index in [1.54, 1.807) is 17.0 Å². The second kappa shape index (κ2) is 13.8. The summed E-state index contributed by atoms with van der Waals surface area (Å²) < 4.78 is 26.4. The van der Waals surface area contributed by atoms with Gasteiger partial charge in [-0.15, -0.1) is 0 Å². The molecule has 8 heteroatoms. The van der Waals surface area contributed by atoms with Gasteiger partial charge in [0, 0.05) is 25.6 Å². The van der Waals surface area contributed by atoms with Crippen molar-refractivity contribution in [2.45, 2.75) is 90.8 Å². The topological polar surface area (TPSA) is 86.8 Å². The van der Waals surface area contributed by atoms with Gasteiger partial charge in [0.2, 0.25) is 21.8 Å². The molecule has 2 aromatic carbocycles. The minimum atomic E-state index is -3.51. The molecule has 0 aromatic heterocycles. The standard InChI is InChI=1S/C30H43N3O4S/c1-5-28(30(35)31-26-10-7-6-8-11-26)32(22-25-17-13-23(2)14-18-25)29(34)12-9-21-33(38(4,36)37)27-19-15-24(3)16-20-27/h13-20,26,28H,5-12,21-22H2,1-4H3,(H,31,35)/t28-/m0/s1. The molecule has 2 aromatic rings. The van der Waals surface area contributed by atoms with Gasteiger partial charge in [0.05, 0.1) is 11.9 Å². The highest BCUT2D eigenvalue weighted by Gasteiger charge is 2.30. The molecule has 1 aliphatic rings. The lowest BCUT2D eigenvalue weighted by molar-refractivity contribution is -0.141. The molecule has 0 bridgehead atoms. The Morgan fingerprint density at radius 1 is 0.947 bits per heavy atom. The number of benzene rings is 2.